The quantitative estimate of drug-likeness (QED) is 0.822. The van der Waals surface area contributed by atoms with Crippen LogP contribution in [0.15, 0.2) is 12.1 Å². The molecule has 0 unspecified atom stereocenters. The summed E-state index contributed by atoms with van der Waals surface area (Å²) >= 11 is 0. The Kier molecular flexibility index (Phi) is 5.50. The Morgan fingerprint density at radius 2 is 1.36 bits per heavy atom. The Morgan fingerprint density at radius 1 is 0.909 bits per heavy atom. The van der Waals surface area contributed by atoms with Crippen LogP contribution < -0.4 is 0 Å². The number of sulfone groups is 2. The minimum Gasteiger partial charge on any atom is -0.229 e. The average Bonchev–Trinajstić information content (AvgIpc) is 2.29. The van der Waals surface area contributed by atoms with Crippen molar-refractivity contribution in [3.05, 3.63) is 34.4 Å². The molecule has 0 heterocycles. The second-order valence-corrected chi connectivity index (χ2v) is 11.5. The Labute approximate surface area is 134 Å². The highest BCUT2D eigenvalue weighted by molar-refractivity contribution is 7.94. The summed E-state index contributed by atoms with van der Waals surface area (Å²) in [7, 11) is -6.72. The van der Waals surface area contributed by atoms with E-state index in [0.29, 0.717) is 0 Å². The van der Waals surface area contributed by atoms with E-state index in [-0.39, 0.29) is 22.7 Å². The lowest BCUT2D eigenvalue weighted by atomic mass is 9.84. The highest BCUT2D eigenvalue weighted by Gasteiger charge is 2.20. The molecule has 22 heavy (non-hydrogen) atoms. The van der Waals surface area contributed by atoms with Gasteiger partial charge < -0.3 is 0 Å². The molecular formula is C16H26O4S2. The summed E-state index contributed by atoms with van der Waals surface area (Å²) < 4.78 is 46.6. The van der Waals surface area contributed by atoms with Crippen molar-refractivity contribution in [2.45, 2.75) is 45.8 Å². The second-order valence-electron chi connectivity index (χ2n) is 7.06. The van der Waals surface area contributed by atoms with Crippen LogP contribution in [0.3, 0.4) is 0 Å². The van der Waals surface area contributed by atoms with Gasteiger partial charge in [-0.25, -0.2) is 16.8 Å². The summed E-state index contributed by atoms with van der Waals surface area (Å²) in [6, 6.07) is 4.04. The highest BCUT2D eigenvalue weighted by atomic mass is 32.2. The predicted octanol–water partition coefficient (Wildman–Crippen LogP) is 2.56. The third-order valence-corrected chi connectivity index (χ3v) is 6.45. The molecule has 1 aromatic rings. The molecule has 0 spiro atoms. The van der Waals surface area contributed by atoms with Crippen molar-refractivity contribution in [2.75, 3.05) is 17.8 Å². The van der Waals surface area contributed by atoms with Gasteiger partial charge >= 0.3 is 0 Å². The van der Waals surface area contributed by atoms with Crippen molar-refractivity contribution in [3.63, 3.8) is 0 Å². The minimum atomic E-state index is -3.44. The van der Waals surface area contributed by atoms with E-state index in [1.807, 2.05) is 26.0 Å². The van der Waals surface area contributed by atoms with Crippen LogP contribution in [-0.2, 0) is 30.8 Å². The van der Waals surface area contributed by atoms with E-state index in [4.69, 9.17) is 0 Å². The fraction of sp³-hybridized carbons (Fsp3) is 0.625. The number of aryl methyl sites for hydroxylation is 2. The lowest BCUT2D eigenvalue weighted by molar-refractivity contribution is 0.587. The van der Waals surface area contributed by atoms with Crippen LogP contribution in [-0.4, -0.2) is 34.6 Å². The number of hydrogen-bond acceptors (Lipinski definition) is 4. The second kappa shape index (κ2) is 6.32. The molecule has 1 rings (SSSR count). The summed E-state index contributed by atoms with van der Waals surface area (Å²) in [6.45, 7) is 10.2. The van der Waals surface area contributed by atoms with Gasteiger partial charge in [0, 0.05) is 6.26 Å². The van der Waals surface area contributed by atoms with Crippen molar-refractivity contribution in [1.82, 2.24) is 0 Å². The lowest BCUT2D eigenvalue weighted by Crippen LogP contribution is -2.19. The van der Waals surface area contributed by atoms with Gasteiger partial charge in [0.25, 0.3) is 0 Å². The van der Waals surface area contributed by atoms with Gasteiger partial charge in [-0.2, -0.15) is 0 Å². The molecule has 0 saturated heterocycles. The summed E-state index contributed by atoms with van der Waals surface area (Å²) in [6.07, 6.45) is 1.05. The topological polar surface area (TPSA) is 68.3 Å². The summed E-state index contributed by atoms with van der Waals surface area (Å²) in [5.74, 6) is -0.760. The Morgan fingerprint density at radius 3 is 1.73 bits per heavy atom. The van der Waals surface area contributed by atoms with Gasteiger partial charge in [-0.3, -0.25) is 0 Å². The monoisotopic (exact) mass is 346 g/mol. The highest BCUT2D eigenvalue weighted by Crippen LogP contribution is 2.27. The molecule has 126 valence electrons. The lowest BCUT2D eigenvalue weighted by Gasteiger charge is -2.22. The van der Waals surface area contributed by atoms with Gasteiger partial charge in [0.15, 0.2) is 9.84 Å². The molecule has 0 radical (unpaired) electrons. The van der Waals surface area contributed by atoms with Crippen LogP contribution in [0.4, 0.5) is 0 Å². The zero-order valence-electron chi connectivity index (χ0n) is 14.2. The van der Waals surface area contributed by atoms with E-state index in [1.54, 1.807) is 0 Å². The molecule has 0 aliphatic heterocycles. The first-order valence-corrected chi connectivity index (χ1v) is 11.1. The molecule has 0 aliphatic carbocycles. The van der Waals surface area contributed by atoms with Gasteiger partial charge in [-0.1, -0.05) is 32.9 Å². The van der Waals surface area contributed by atoms with E-state index >= 15 is 0 Å². The molecule has 0 fully saturated rings. The van der Waals surface area contributed by atoms with Crippen LogP contribution in [0.1, 0.15) is 43.0 Å². The molecule has 0 amide bonds. The molecular weight excluding hydrogens is 320 g/mol. The Bertz CT molecular complexity index is 729. The van der Waals surface area contributed by atoms with Gasteiger partial charge in [-0.05, 0) is 41.5 Å². The van der Waals surface area contributed by atoms with E-state index in [9.17, 15) is 16.8 Å². The van der Waals surface area contributed by atoms with Gasteiger partial charge in [0.1, 0.15) is 9.84 Å². The SMILES string of the molecule is Cc1cc(C(C)(C)C)cc(C)c1CS(=O)(=O)CCS(C)(=O)=O. The molecule has 0 aromatic heterocycles. The molecule has 0 aliphatic rings. The first-order valence-electron chi connectivity index (χ1n) is 7.20. The fourth-order valence-electron chi connectivity index (χ4n) is 2.22. The van der Waals surface area contributed by atoms with Crippen molar-refractivity contribution in [1.29, 1.82) is 0 Å². The fourth-order valence-corrected chi connectivity index (χ4v) is 5.49. The van der Waals surface area contributed by atoms with Crippen molar-refractivity contribution < 1.29 is 16.8 Å². The molecule has 0 bridgehead atoms. The van der Waals surface area contributed by atoms with E-state index < -0.39 is 19.7 Å². The third kappa shape index (κ3) is 5.72. The molecule has 6 heteroatoms. The van der Waals surface area contributed by atoms with E-state index in [1.165, 1.54) is 5.56 Å². The molecule has 0 atom stereocenters. The zero-order chi connectivity index (χ0) is 17.3. The molecule has 4 nitrogen and oxygen atoms in total. The van der Waals surface area contributed by atoms with Crippen LogP contribution in [0.25, 0.3) is 0 Å². The number of hydrogen-bond donors (Lipinski definition) is 0. The minimum absolute atomic E-state index is 0.00319. The maximum atomic E-state index is 12.2. The Hall–Kier alpha value is -0.880. The largest absolute Gasteiger partial charge is 0.229 e. The predicted molar refractivity (Wildman–Crippen MR) is 91.8 cm³/mol. The van der Waals surface area contributed by atoms with E-state index in [0.717, 1.165) is 22.9 Å². The molecule has 0 saturated carbocycles. The summed E-state index contributed by atoms with van der Waals surface area (Å²) in [5.41, 5.74) is 3.82. The van der Waals surface area contributed by atoms with Crippen LogP contribution in [0.2, 0.25) is 0 Å². The van der Waals surface area contributed by atoms with Crippen molar-refractivity contribution in [2.24, 2.45) is 0 Å². The third-order valence-electron chi connectivity index (χ3n) is 3.69. The normalized spacial score (nSPS) is 13.4. The van der Waals surface area contributed by atoms with Crippen molar-refractivity contribution >= 4 is 19.7 Å². The maximum Gasteiger partial charge on any atom is 0.155 e. The standard InChI is InChI=1S/C16H26O4S2/c1-12-9-14(16(3,4)5)10-13(2)15(12)11-22(19,20)8-7-21(6,17)18/h9-10H,7-8,11H2,1-6H3. The van der Waals surface area contributed by atoms with Crippen molar-refractivity contribution in [3.8, 4) is 0 Å². The first kappa shape index (κ1) is 19.2. The number of rotatable bonds is 5. The zero-order valence-corrected chi connectivity index (χ0v) is 15.9. The van der Waals surface area contributed by atoms with Crippen LogP contribution in [0.5, 0.6) is 0 Å². The molecule has 0 N–H and O–H groups in total. The maximum absolute atomic E-state index is 12.2. The number of benzene rings is 1. The summed E-state index contributed by atoms with van der Waals surface area (Å²) in [5, 5.41) is 0. The average molecular weight is 347 g/mol. The Balaban J connectivity index is 3.09. The van der Waals surface area contributed by atoms with Crippen LogP contribution >= 0.6 is 0 Å². The summed E-state index contributed by atoms with van der Waals surface area (Å²) in [4.78, 5) is 0. The first-order chi connectivity index (χ1) is 9.71. The van der Waals surface area contributed by atoms with Gasteiger partial charge in [-0.15, -0.1) is 0 Å². The van der Waals surface area contributed by atoms with Gasteiger partial charge in [0.2, 0.25) is 0 Å². The van der Waals surface area contributed by atoms with Gasteiger partial charge in [0.05, 0.1) is 17.3 Å². The molecule has 1 aromatic carbocycles. The smallest absolute Gasteiger partial charge is 0.155 e. The van der Waals surface area contributed by atoms with Crippen LogP contribution in [0, 0.1) is 13.8 Å². The van der Waals surface area contributed by atoms with E-state index in [2.05, 4.69) is 20.8 Å².